The zero-order valence-corrected chi connectivity index (χ0v) is 16.2. The van der Waals surface area contributed by atoms with E-state index in [0.29, 0.717) is 12.3 Å². The maximum Gasteiger partial charge on any atom is 0.240 e. The van der Waals surface area contributed by atoms with E-state index in [4.69, 9.17) is 4.74 Å². The van der Waals surface area contributed by atoms with Crippen LogP contribution in [0.15, 0.2) is 59.8 Å². The highest BCUT2D eigenvalue weighted by atomic mass is 32.2. The average Bonchev–Trinajstić information content (AvgIpc) is 2.70. The summed E-state index contributed by atoms with van der Waals surface area (Å²) >= 11 is 0. The molecule has 0 aliphatic rings. The Bertz CT molecular complexity index is 999. The summed E-state index contributed by atoms with van der Waals surface area (Å²) in [7, 11) is -1.97. The Morgan fingerprint density at radius 3 is 2.56 bits per heavy atom. The van der Waals surface area contributed by atoms with Gasteiger partial charge in [-0.05, 0) is 49.1 Å². The highest BCUT2D eigenvalue weighted by molar-refractivity contribution is 7.89. The molecule has 0 spiro atoms. The number of hydrogen-bond donors (Lipinski definition) is 1. The van der Waals surface area contributed by atoms with Crippen LogP contribution < -0.4 is 9.46 Å². The lowest BCUT2D eigenvalue weighted by molar-refractivity contribution is 0.414. The zero-order chi connectivity index (χ0) is 19.3. The number of hydrogen-bond acceptors (Lipinski definition) is 5. The number of nitrogens with one attached hydrogen (secondary N) is 1. The van der Waals surface area contributed by atoms with Gasteiger partial charge < -0.3 is 4.74 Å². The maximum atomic E-state index is 12.3. The first kappa shape index (κ1) is 19.3. The molecule has 0 radical (unpaired) electrons. The van der Waals surface area contributed by atoms with E-state index < -0.39 is 10.0 Å². The molecule has 7 heteroatoms. The normalized spacial score (nSPS) is 12.8. The summed E-state index contributed by atoms with van der Waals surface area (Å²) in [5.74, 6) is 0.836. The molecule has 1 heterocycles. The second-order valence-electron chi connectivity index (χ2n) is 6.39. The molecule has 142 valence electrons. The fourth-order valence-corrected chi connectivity index (χ4v) is 4.08. The summed E-state index contributed by atoms with van der Waals surface area (Å²) < 4.78 is 32.4. The first-order valence-corrected chi connectivity index (χ1v) is 10.3. The first-order chi connectivity index (χ1) is 13.0. The molecular weight excluding hydrogens is 362 g/mol. The SMILES string of the molecule is COc1ccc(S(=O)(=O)NCCCC(C)c2ncnc3ccccc23)cc1. The second-order valence-corrected chi connectivity index (χ2v) is 8.16. The summed E-state index contributed by atoms with van der Waals surface area (Å²) in [6, 6.07) is 14.3. The van der Waals surface area contributed by atoms with Crippen LogP contribution >= 0.6 is 0 Å². The van der Waals surface area contributed by atoms with Gasteiger partial charge in [-0.3, -0.25) is 0 Å². The van der Waals surface area contributed by atoms with Crippen LogP contribution in [0.1, 0.15) is 31.4 Å². The number of nitrogens with zero attached hydrogens (tertiary/aromatic N) is 2. The van der Waals surface area contributed by atoms with E-state index in [1.165, 1.54) is 12.1 Å². The van der Waals surface area contributed by atoms with Gasteiger partial charge in [0.2, 0.25) is 10.0 Å². The molecule has 3 aromatic rings. The standard InChI is InChI=1S/C20H23N3O3S/c1-15(20-18-7-3-4-8-19(18)21-14-22-20)6-5-13-23-27(24,25)17-11-9-16(26-2)10-12-17/h3-4,7-12,14-15,23H,5-6,13H2,1-2H3. The summed E-state index contributed by atoms with van der Waals surface area (Å²) in [6.45, 7) is 2.48. The molecule has 1 atom stereocenters. The number of methoxy groups -OCH3 is 1. The Labute approximate surface area is 159 Å². The molecule has 0 bridgehead atoms. The smallest absolute Gasteiger partial charge is 0.240 e. The van der Waals surface area contributed by atoms with Gasteiger partial charge in [-0.25, -0.2) is 23.1 Å². The Morgan fingerprint density at radius 2 is 1.81 bits per heavy atom. The largest absolute Gasteiger partial charge is 0.497 e. The summed E-state index contributed by atoms with van der Waals surface area (Å²) in [5, 5.41) is 1.05. The van der Waals surface area contributed by atoms with Gasteiger partial charge in [0.05, 0.1) is 23.2 Å². The second kappa shape index (κ2) is 8.45. The first-order valence-electron chi connectivity index (χ1n) is 8.84. The van der Waals surface area contributed by atoms with Crippen LogP contribution in [0.4, 0.5) is 0 Å². The Hall–Kier alpha value is -2.51. The van der Waals surface area contributed by atoms with Gasteiger partial charge in [-0.1, -0.05) is 25.1 Å². The number of fused-ring (bicyclic) bond motifs is 1. The fraction of sp³-hybridized carbons (Fsp3) is 0.300. The highest BCUT2D eigenvalue weighted by Gasteiger charge is 2.15. The molecule has 27 heavy (non-hydrogen) atoms. The maximum absolute atomic E-state index is 12.3. The minimum atomic E-state index is -3.51. The van der Waals surface area contributed by atoms with E-state index >= 15 is 0 Å². The number of rotatable bonds is 8. The molecule has 0 saturated carbocycles. The molecule has 1 unspecified atom stereocenters. The molecule has 2 aromatic carbocycles. The minimum Gasteiger partial charge on any atom is -0.497 e. The van der Waals surface area contributed by atoms with Crippen molar-refractivity contribution in [1.82, 2.24) is 14.7 Å². The summed E-state index contributed by atoms with van der Waals surface area (Å²) in [6.07, 6.45) is 3.13. The lowest BCUT2D eigenvalue weighted by atomic mass is 9.98. The van der Waals surface area contributed by atoms with Crippen molar-refractivity contribution in [1.29, 1.82) is 0 Å². The van der Waals surface area contributed by atoms with Crippen molar-refractivity contribution >= 4 is 20.9 Å². The summed E-state index contributed by atoms with van der Waals surface area (Å²) in [5.41, 5.74) is 1.92. The van der Waals surface area contributed by atoms with Crippen molar-refractivity contribution < 1.29 is 13.2 Å². The minimum absolute atomic E-state index is 0.211. The van der Waals surface area contributed by atoms with Crippen molar-refractivity contribution in [2.24, 2.45) is 0 Å². The summed E-state index contributed by atoms with van der Waals surface area (Å²) in [4.78, 5) is 8.96. The number of benzene rings is 2. The number of sulfonamides is 1. The van der Waals surface area contributed by atoms with E-state index in [0.717, 1.165) is 29.4 Å². The molecule has 0 aliphatic heterocycles. The molecule has 0 amide bonds. The topological polar surface area (TPSA) is 81.2 Å². The van der Waals surface area contributed by atoms with Crippen LogP contribution in [0, 0.1) is 0 Å². The van der Waals surface area contributed by atoms with Crippen LogP contribution in [0.2, 0.25) is 0 Å². The lowest BCUT2D eigenvalue weighted by Crippen LogP contribution is -2.25. The molecule has 6 nitrogen and oxygen atoms in total. The lowest BCUT2D eigenvalue weighted by Gasteiger charge is -2.13. The van der Waals surface area contributed by atoms with Gasteiger partial charge in [0, 0.05) is 11.9 Å². The molecule has 0 aliphatic carbocycles. The third-order valence-corrected chi connectivity index (χ3v) is 5.99. The van der Waals surface area contributed by atoms with Crippen LogP contribution in [0.5, 0.6) is 5.75 Å². The molecule has 1 aromatic heterocycles. The third-order valence-electron chi connectivity index (χ3n) is 4.52. The van der Waals surface area contributed by atoms with Crippen molar-refractivity contribution in [3.05, 3.63) is 60.6 Å². The predicted octanol–water partition coefficient (Wildman–Crippen LogP) is 3.50. The van der Waals surface area contributed by atoms with Crippen LogP contribution in [-0.4, -0.2) is 32.0 Å². The quantitative estimate of drug-likeness (QED) is 0.600. The van der Waals surface area contributed by atoms with E-state index in [1.807, 2.05) is 24.3 Å². The predicted molar refractivity (Wildman–Crippen MR) is 105 cm³/mol. The Balaban J connectivity index is 1.57. The van der Waals surface area contributed by atoms with Crippen molar-refractivity contribution in [2.75, 3.05) is 13.7 Å². The number of aromatic nitrogens is 2. The van der Waals surface area contributed by atoms with Gasteiger partial charge in [0.1, 0.15) is 12.1 Å². The molecule has 3 rings (SSSR count). The third kappa shape index (κ3) is 4.61. The van der Waals surface area contributed by atoms with E-state index in [9.17, 15) is 8.42 Å². The molecule has 1 N–H and O–H groups in total. The van der Waals surface area contributed by atoms with E-state index in [1.54, 1.807) is 25.6 Å². The number of ether oxygens (including phenoxy) is 1. The van der Waals surface area contributed by atoms with Gasteiger partial charge >= 0.3 is 0 Å². The monoisotopic (exact) mass is 385 g/mol. The molecule has 0 saturated heterocycles. The fourth-order valence-electron chi connectivity index (χ4n) is 3.01. The Kier molecular flexibility index (Phi) is 6.03. The van der Waals surface area contributed by atoms with E-state index in [-0.39, 0.29) is 10.8 Å². The van der Waals surface area contributed by atoms with Crippen molar-refractivity contribution in [3.8, 4) is 5.75 Å². The van der Waals surface area contributed by atoms with Crippen molar-refractivity contribution in [3.63, 3.8) is 0 Å². The van der Waals surface area contributed by atoms with Gasteiger partial charge in [-0.2, -0.15) is 0 Å². The van der Waals surface area contributed by atoms with Crippen LogP contribution in [-0.2, 0) is 10.0 Å². The average molecular weight is 385 g/mol. The van der Waals surface area contributed by atoms with Crippen molar-refractivity contribution in [2.45, 2.75) is 30.6 Å². The molecule has 0 fully saturated rings. The van der Waals surface area contributed by atoms with Gasteiger partial charge in [0.15, 0.2) is 0 Å². The number of para-hydroxylation sites is 1. The van der Waals surface area contributed by atoms with Gasteiger partial charge in [0.25, 0.3) is 0 Å². The van der Waals surface area contributed by atoms with E-state index in [2.05, 4.69) is 21.6 Å². The van der Waals surface area contributed by atoms with Crippen LogP contribution in [0.3, 0.4) is 0 Å². The Morgan fingerprint density at radius 1 is 1.07 bits per heavy atom. The highest BCUT2D eigenvalue weighted by Crippen LogP contribution is 2.25. The zero-order valence-electron chi connectivity index (χ0n) is 15.4. The molecular formula is C20H23N3O3S. The van der Waals surface area contributed by atoms with Crippen LogP contribution in [0.25, 0.3) is 10.9 Å². The van der Waals surface area contributed by atoms with Gasteiger partial charge in [-0.15, -0.1) is 0 Å².